The quantitative estimate of drug-likeness (QED) is 0.280. The number of nitrogens with zero attached hydrogens (tertiary/aromatic N) is 2. The fraction of sp³-hybridized carbons (Fsp3) is 0.308. The molecular weight excluding hydrogens is 484 g/mol. The molecule has 184 valence electrons. The minimum atomic E-state index is -0.729. The van der Waals surface area contributed by atoms with Crippen LogP contribution in [0.25, 0.3) is 0 Å². The second-order valence-electron chi connectivity index (χ2n) is 8.34. The van der Waals surface area contributed by atoms with Crippen molar-refractivity contribution in [3.63, 3.8) is 0 Å². The number of ether oxygens (including phenoxy) is 1. The summed E-state index contributed by atoms with van der Waals surface area (Å²) in [5, 5.41) is 6.28. The molecular formula is C26H29ClN4O3S. The first-order valence-corrected chi connectivity index (χ1v) is 12.6. The van der Waals surface area contributed by atoms with E-state index in [9.17, 15) is 9.59 Å². The van der Waals surface area contributed by atoms with Gasteiger partial charge in [-0.15, -0.1) is 0 Å². The van der Waals surface area contributed by atoms with E-state index in [2.05, 4.69) is 20.6 Å². The van der Waals surface area contributed by atoms with Crippen LogP contribution in [-0.2, 0) is 17.1 Å². The van der Waals surface area contributed by atoms with Gasteiger partial charge in [0.25, 0.3) is 5.91 Å². The molecule has 0 bridgehead atoms. The second kappa shape index (κ2) is 13.1. The molecule has 0 spiro atoms. The Labute approximate surface area is 215 Å². The number of rotatable bonds is 11. The Balaban J connectivity index is 1.65. The molecule has 0 unspecified atom stereocenters. The van der Waals surface area contributed by atoms with E-state index in [-0.39, 0.29) is 22.5 Å². The highest BCUT2D eigenvalue weighted by Gasteiger charge is 2.24. The zero-order valence-electron chi connectivity index (χ0n) is 20.0. The van der Waals surface area contributed by atoms with Crippen LogP contribution in [0.1, 0.15) is 41.9 Å². The van der Waals surface area contributed by atoms with Crippen LogP contribution >= 0.6 is 23.4 Å². The highest BCUT2D eigenvalue weighted by Crippen LogP contribution is 2.22. The molecule has 1 atom stereocenters. The number of hydrogen-bond acceptors (Lipinski definition) is 6. The van der Waals surface area contributed by atoms with Crippen LogP contribution in [0.3, 0.4) is 0 Å². The summed E-state index contributed by atoms with van der Waals surface area (Å²) < 4.78 is 5.16. The lowest BCUT2D eigenvalue weighted by atomic mass is 10.0. The third kappa shape index (κ3) is 8.26. The Morgan fingerprint density at radius 3 is 2.43 bits per heavy atom. The van der Waals surface area contributed by atoms with Crippen LogP contribution in [0.15, 0.2) is 66.0 Å². The molecule has 35 heavy (non-hydrogen) atoms. The molecule has 2 amide bonds. The van der Waals surface area contributed by atoms with Crippen LogP contribution in [0.5, 0.6) is 5.75 Å². The first-order valence-electron chi connectivity index (χ1n) is 11.3. The van der Waals surface area contributed by atoms with E-state index >= 15 is 0 Å². The lowest BCUT2D eigenvalue weighted by Gasteiger charge is -2.20. The molecule has 0 radical (unpaired) electrons. The van der Waals surface area contributed by atoms with E-state index in [0.717, 1.165) is 16.9 Å². The molecule has 7 nitrogen and oxygen atoms in total. The second-order valence-corrected chi connectivity index (χ2v) is 9.69. The topological polar surface area (TPSA) is 93.2 Å². The zero-order chi connectivity index (χ0) is 25.2. The minimum Gasteiger partial charge on any atom is -0.497 e. The average Bonchev–Trinajstić information content (AvgIpc) is 2.87. The fourth-order valence-corrected chi connectivity index (χ4v) is 4.24. The van der Waals surface area contributed by atoms with Gasteiger partial charge in [-0.05, 0) is 35.6 Å². The zero-order valence-corrected chi connectivity index (χ0v) is 21.5. The first kappa shape index (κ1) is 26.5. The number of halogens is 1. The van der Waals surface area contributed by atoms with Crippen molar-refractivity contribution in [2.45, 2.75) is 43.8 Å². The van der Waals surface area contributed by atoms with Crippen molar-refractivity contribution in [1.82, 2.24) is 20.6 Å². The largest absolute Gasteiger partial charge is 0.497 e. The number of carbonyl (C=O) groups excluding carboxylic acids is 2. The van der Waals surface area contributed by atoms with Gasteiger partial charge in [-0.3, -0.25) is 9.59 Å². The van der Waals surface area contributed by atoms with Crippen LogP contribution in [0.2, 0.25) is 5.02 Å². The first-order chi connectivity index (χ1) is 16.9. The van der Waals surface area contributed by atoms with Gasteiger partial charge in [-0.1, -0.05) is 79.7 Å². The Bertz CT molecular complexity index is 1130. The summed E-state index contributed by atoms with van der Waals surface area (Å²) in [5.41, 5.74) is 2.09. The van der Waals surface area contributed by atoms with E-state index in [1.54, 1.807) is 7.11 Å². The summed E-state index contributed by atoms with van der Waals surface area (Å²) >= 11 is 7.65. The predicted octanol–water partition coefficient (Wildman–Crippen LogP) is 4.89. The van der Waals surface area contributed by atoms with E-state index < -0.39 is 11.9 Å². The molecule has 2 aromatic carbocycles. The Kier molecular flexibility index (Phi) is 9.93. The smallest absolute Gasteiger partial charge is 0.272 e. The minimum absolute atomic E-state index is 0.0499. The number of benzene rings is 2. The molecule has 0 saturated carbocycles. The van der Waals surface area contributed by atoms with Crippen LogP contribution in [0, 0.1) is 5.92 Å². The van der Waals surface area contributed by atoms with Crippen molar-refractivity contribution >= 4 is 35.2 Å². The van der Waals surface area contributed by atoms with Crippen molar-refractivity contribution in [2.75, 3.05) is 7.11 Å². The van der Waals surface area contributed by atoms with Crippen molar-refractivity contribution in [2.24, 2.45) is 5.92 Å². The third-order valence-corrected chi connectivity index (χ3v) is 6.31. The third-order valence-electron chi connectivity index (χ3n) is 5.10. The summed E-state index contributed by atoms with van der Waals surface area (Å²) in [6, 6.07) is 16.6. The highest BCUT2D eigenvalue weighted by molar-refractivity contribution is 7.98. The van der Waals surface area contributed by atoms with Crippen LogP contribution in [-0.4, -0.2) is 34.9 Å². The van der Waals surface area contributed by atoms with E-state index in [0.29, 0.717) is 23.9 Å². The summed E-state index contributed by atoms with van der Waals surface area (Å²) in [6.07, 6.45) is 1.89. The van der Waals surface area contributed by atoms with Crippen molar-refractivity contribution < 1.29 is 14.3 Å². The van der Waals surface area contributed by atoms with Gasteiger partial charge >= 0.3 is 0 Å². The van der Waals surface area contributed by atoms with Gasteiger partial charge in [0.15, 0.2) is 10.9 Å². The van der Waals surface area contributed by atoms with Gasteiger partial charge in [0.2, 0.25) is 5.91 Å². The number of hydrogen-bond donors (Lipinski definition) is 2. The van der Waals surface area contributed by atoms with Gasteiger partial charge in [0.05, 0.1) is 18.3 Å². The van der Waals surface area contributed by atoms with Gasteiger partial charge in [-0.25, -0.2) is 9.97 Å². The number of amides is 2. The lowest BCUT2D eigenvalue weighted by molar-refractivity contribution is -0.123. The Hall–Kier alpha value is -3.10. The number of methoxy groups -OCH3 is 1. The summed E-state index contributed by atoms with van der Waals surface area (Å²) in [4.78, 5) is 34.6. The van der Waals surface area contributed by atoms with Gasteiger partial charge in [0, 0.05) is 12.3 Å². The molecule has 3 rings (SSSR count). The maximum atomic E-state index is 13.0. The monoisotopic (exact) mass is 512 g/mol. The van der Waals surface area contributed by atoms with Gasteiger partial charge in [0.1, 0.15) is 11.8 Å². The lowest BCUT2D eigenvalue weighted by Crippen LogP contribution is -2.47. The summed E-state index contributed by atoms with van der Waals surface area (Å²) in [5.74, 6) is 0.807. The standard InChI is InChI=1S/C26H29ClN4O3S/c1-17(2)13-22(24(32)28-14-18-9-11-20(34-3)12-10-18)30-25(33)23-21(27)15-29-26(31-23)35-16-19-7-5-4-6-8-19/h4-12,15,17,22H,13-14,16H2,1-3H3,(H,28,32)(H,30,33)/t22-/m0/s1. The number of nitrogens with one attached hydrogen (secondary N) is 2. The van der Waals surface area contributed by atoms with Crippen LogP contribution in [0.4, 0.5) is 0 Å². The summed E-state index contributed by atoms with van der Waals surface area (Å²) in [7, 11) is 1.60. The molecule has 3 aromatic rings. The van der Waals surface area contributed by atoms with E-state index in [1.165, 1.54) is 18.0 Å². The Morgan fingerprint density at radius 2 is 1.77 bits per heavy atom. The molecule has 0 aliphatic rings. The summed E-state index contributed by atoms with van der Waals surface area (Å²) in [6.45, 7) is 4.32. The van der Waals surface area contributed by atoms with Crippen molar-refractivity contribution in [3.8, 4) is 5.75 Å². The average molecular weight is 513 g/mol. The molecule has 0 fully saturated rings. The molecule has 0 aliphatic heterocycles. The number of aromatic nitrogens is 2. The Morgan fingerprint density at radius 1 is 1.06 bits per heavy atom. The van der Waals surface area contributed by atoms with Gasteiger partial charge in [-0.2, -0.15) is 0 Å². The van der Waals surface area contributed by atoms with Gasteiger partial charge < -0.3 is 15.4 Å². The molecule has 1 heterocycles. The molecule has 0 saturated heterocycles. The maximum Gasteiger partial charge on any atom is 0.272 e. The molecule has 1 aromatic heterocycles. The normalized spacial score (nSPS) is 11.7. The van der Waals surface area contributed by atoms with Crippen molar-refractivity contribution in [1.29, 1.82) is 0 Å². The fourth-order valence-electron chi connectivity index (χ4n) is 3.29. The highest BCUT2D eigenvalue weighted by atomic mass is 35.5. The SMILES string of the molecule is COc1ccc(CNC(=O)[C@H](CC(C)C)NC(=O)c2nc(SCc3ccccc3)ncc2Cl)cc1. The maximum absolute atomic E-state index is 13.0. The molecule has 2 N–H and O–H groups in total. The van der Waals surface area contributed by atoms with Crippen LogP contribution < -0.4 is 15.4 Å². The van der Waals surface area contributed by atoms with E-state index in [4.69, 9.17) is 16.3 Å². The molecule has 0 aliphatic carbocycles. The van der Waals surface area contributed by atoms with E-state index in [1.807, 2.05) is 68.4 Å². The molecule has 9 heteroatoms. The predicted molar refractivity (Wildman–Crippen MR) is 139 cm³/mol. The number of thioether (sulfide) groups is 1. The van der Waals surface area contributed by atoms with Crippen molar-refractivity contribution in [3.05, 3.63) is 82.6 Å². The number of carbonyl (C=O) groups is 2.